The molecule has 0 saturated carbocycles. The van der Waals surface area contributed by atoms with Crippen LogP contribution in [-0.4, -0.2) is 17.8 Å². The second-order valence-corrected chi connectivity index (χ2v) is 8.25. The zero-order valence-corrected chi connectivity index (χ0v) is 19.8. The minimum Gasteiger partial charge on any atom is -0.427 e. The van der Waals surface area contributed by atoms with Gasteiger partial charge in [0, 0.05) is 24.7 Å². The summed E-state index contributed by atoms with van der Waals surface area (Å²) < 4.78 is 5.04. The fraction of sp³-hybridized carbons (Fsp3) is 0.100. The number of carbonyl (C=O) groups is 3. The van der Waals surface area contributed by atoms with Crippen LogP contribution in [0.3, 0.4) is 0 Å². The first-order chi connectivity index (χ1) is 17.5. The van der Waals surface area contributed by atoms with Crippen LogP contribution >= 0.6 is 0 Å². The zero-order valence-electron chi connectivity index (χ0n) is 19.8. The van der Waals surface area contributed by atoms with Crippen LogP contribution in [-0.2, 0) is 16.1 Å². The number of esters is 1. The molecule has 0 aliphatic carbocycles. The van der Waals surface area contributed by atoms with Crippen molar-refractivity contribution < 1.29 is 19.1 Å². The fourth-order valence-electron chi connectivity index (χ4n) is 3.91. The Kier molecular flexibility index (Phi) is 7.88. The van der Waals surface area contributed by atoms with E-state index in [1.807, 2.05) is 84.9 Å². The number of anilines is 1. The van der Waals surface area contributed by atoms with Gasteiger partial charge in [0.15, 0.2) is 0 Å². The molecule has 0 bridgehead atoms. The van der Waals surface area contributed by atoms with E-state index >= 15 is 0 Å². The van der Waals surface area contributed by atoms with Crippen LogP contribution in [0.2, 0.25) is 0 Å². The highest BCUT2D eigenvalue weighted by Crippen LogP contribution is 2.26. The van der Waals surface area contributed by atoms with Crippen molar-refractivity contribution in [2.75, 3.05) is 5.32 Å². The molecule has 4 aromatic rings. The summed E-state index contributed by atoms with van der Waals surface area (Å²) in [5, 5.41) is 5.88. The monoisotopic (exact) mass is 478 g/mol. The van der Waals surface area contributed by atoms with Gasteiger partial charge in [-0.1, -0.05) is 78.9 Å². The summed E-state index contributed by atoms with van der Waals surface area (Å²) in [4.78, 5) is 37.1. The SMILES string of the molecule is CC(=O)Oc1cccc(C(=O)NCc2cccc(NC(=O)C(c3ccccc3)c3ccccc3)c2)c1. The summed E-state index contributed by atoms with van der Waals surface area (Å²) in [6.07, 6.45) is 0. The van der Waals surface area contributed by atoms with Gasteiger partial charge in [-0.3, -0.25) is 14.4 Å². The van der Waals surface area contributed by atoms with Gasteiger partial charge in [-0.05, 0) is 47.0 Å². The Bertz CT molecular complexity index is 1310. The standard InChI is InChI=1S/C30H26N2O4/c1-21(33)36-27-17-9-15-25(19-27)29(34)31-20-22-10-8-16-26(18-22)32-30(35)28(23-11-4-2-5-12-23)24-13-6-3-7-14-24/h2-19,28H,20H2,1H3,(H,31,34)(H,32,35). The molecule has 6 heteroatoms. The van der Waals surface area contributed by atoms with Crippen molar-refractivity contribution in [1.29, 1.82) is 0 Å². The number of hydrogen-bond acceptors (Lipinski definition) is 4. The molecular formula is C30H26N2O4. The maximum Gasteiger partial charge on any atom is 0.308 e. The van der Waals surface area contributed by atoms with E-state index in [9.17, 15) is 14.4 Å². The van der Waals surface area contributed by atoms with E-state index in [2.05, 4.69) is 10.6 Å². The topological polar surface area (TPSA) is 84.5 Å². The maximum absolute atomic E-state index is 13.4. The first kappa shape index (κ1) is 24.4. The summed E-state index contributed by atoms with van der Waals surface area (Å²) >= 11 is 0. The van der Waals surface area contributed by atoms with Gasteiger partial charge in [0.25, 0.3) is 5.91 Å². The predicted octanol–water partition coefficient (Wildman–Crippen LogP) is 5.31. The second kappa shape index (κ2) is 11.6. The lowest BCUT2D eigenvalue weighted by atomic mass is 9.90. The van der Waals surface area contributed by atoms with Crippen molar-refractivity contribution in [2.45, 2.75) is 19.4 Å². The molecule has 0 aliphatic rings. The average molecular weight is 479 g/mol. The van der Waals surface area contributed by atoms with Gasteiger partial charge in [-0.15, -0.1) is 0 Å². The molecular weight excluding hydrogens is 452 g/mol. The molecule has 4 rings (SSSR count). The minimum atomic E-state index is -0.458. The van der Waals surface area contributed by atoms with Crippen LogP contribution < -0.4 is 15.4 Å². The van der Waals surface area contributed by atoms with Crippen molar-refractivity contribution in [3.63, 3.8) is 0 Å². The molecule has 0 aliphatic heterocycles. The molecule has 0 saturated heterocycles. The smallest absolute Gasteiger partial charge is 0.308 e. The average Bonchev–Trinajstić information content (AvgIpc) is 2.89. The van der Waals surface area contributed by atoms with Crippen LogP contribution in [0.5, 0.6) is 5.75 Å². The third-order valence-electron chi connectivity index (χ3n) is 5.53. The Morgan fingerprint density at radius 3 is 2.03 bits per heavy atom. The molecule has 0 spiro atoms. The van der Waals surface area contributed by atoms with Crippen LogP contribution in [0.15, 0.2) is 109 Å². The number of carbonyl (C=O) groups excluding carboxylic acids is 3. The van der Waals surface area contributed by atoms with Crippen LogP contribution in [0.4, 0.5) is 5.69 Å². The lowest BCUT2D eigenvalue weighted by Gasteiger charge is -2.18. The summed E-state index contributed by atoms with van der Waals surface area (Å²) in [5.41, 5.74) is 3.65. The van der Waals surface area contributed by atoms with Gasteiger partial charge in [-0.25, -0.2) is 0 Å². The van der Waals surface area contributed by atoms with E-state index in [4.69, 9.17) is 4.74 Å². The number of rotatable bonds is 8. The Morgan fingerprint density at radius 2 is 1.39 bits per heavy atom. The van der Waals surface area contributed by atoms with Crippen molar-refractivity contribution >= 4 is 23.5 Å². The van der Waals surface area contributed by atoms with Crippen molar-refractivity contribution in [3.05, 3.63) is 131 Å². The first-order valence-corrected chi connectivity index (χ1v) is 11.6. The number of benzene rings is 4. The molecule has 6 nitrogen and oxygen atoms in total. The molecule has 0 aromatic heterocycles. The van der Waals surface area contributed by atoms with Crippen LogP contribution in [0.25, 0.3) is 0 Å². The van der Waals surface area contributed by atoms with Gasteiger partial charge in [0.05, 0.1) is 5.92 Å². The quantitative estimate of drug-likeness (QED) is 0.265. The van der Waals surface area contributed by atoms with Crippen LogP contribution in [0.1, 0.15) is 39.9 Å². The summed E-state index contributed by atoms with van der Waals surface area (Å²) in [5.74, 6) is -1.04. The molecule has 0 radical (unpaired) electrons. The van der Waals surface area contributed by atoms with Crippen molar-refractivity contribution in [3.8, 4) is 5.75 Å². The third-order valence-corrected chi connectivity index (χ3v) is 5.53. The molecule has 0 atom stereocenters. The number of ether oxygens (including phenoxy) is 1. The van der Waals surface area contributed by atoms with E-state index in [0.29, 0.717) is 17.0 Å². The van der Waals surface area contributed by atoms with Gasteiger partial charge < -0.3 is 15.4 Å². The maximum atomic E-state index is 13.4. The molecule has 4 aromatic carbocycles. The Morgan fingerprint density at radius 1 is 0.750 bits per heavy atom. The lowest BCUT2D eigenvalue weighted by Crippen LogP contribution is -2.24. The molecule has 0 fully saturated rings. The van der Waals surface area contributed by atoms with E-state index in [1.54, 1.807) is 18.2 Å². The van der Waals surface area contributed by atoms with E-state index < -0.39 is 11.9 Å². The van der Waals surface area contributed by atoms with Crippen molar-refractivity contribution in [1.82, 2.24) is 5.32 Å². The van der Waals surface area contributed by atoms with E-state index in [-0.39, 0.29) is 18.4 Å². The van der Waals surface area contributed by atoms with Gasteiger partial charge in [0.1, 0.15) is 5.75 Å². The minimum absolute atomic E-state index is 0.143. The number of nitrogens with one attached hydrogen (secondary N) is 2. The molecule has 2 amide bonds. The highest BCUT2D eigenvalue weighted by molar-refractivity contribution is 5.98. The number of amides is 2. The normalized spacial score (nSPS) is 10.5. The molecule has 0 heterocycles. The van der Waals surface area contributed by atoms with E-state index in [0.717, 1.165) is 16.7 Å². The number of hydrogen-bond donors (Lipinski definition) is 2. The largest absolute Gasteiger partial charge is 0.427 e. The molecule has 180 valence electrons. The summed E-state index contributed by atoms with van der Waals surface area (Å²) in [6.45, 7) is 1.57. The second-order valence-electron chi connectivity index (χ2n) is 8.25. The lowest BCUT2D eigenvalue weighted by molar-refractivity contribution is -0.131. The van der Waals surface area contributed by atoms with Gasteiger partial charge >= 0.3 is 5.97 Å². The Balaban J connectivity index is 1.44. The Hall–Kier alpha value is -4.71. The van der Waals surface area contributed by atoms with Gasteiger partial charge in [0.2, 0.25) is 5.91 Å². The zero-order chi connectivity index (χ0) is 25.3. The summed E-state index contributed by atoms with van der Waals surface area (Å²) in [6, 6.07) is 33.1. The summed E-state index contributed by atoms with van der Waals surface area (Å²) in [7, 11) is 0. The molecule has 36 heavy (non-hydrogen) atoms. The first-order valence-electron chi connectivity index (χ1n) is 11.6. The predicted molar refractivity (Wildman–Crippen MR) is 139 cm³/mol. The fourth-order valence-corrected chi connectivity index (χ4v) is 3.91. The molecule has 0 unspecified atom stereocenters. The van der Waals surface area contributed by atoms with E-state index in [1.165, 1.54) is 13.0 Å². The van der Waals surface area contributed by atoms with Gasteiger partial charge in [-0.2, -0.15) is 0 Å². The highest BCUT2D eigenvalue weighted by atomic mass is 16.5. The third kappa shape index (κ3) is 6.45. The van der Waals surface area contributed by atoms with Crippen molar-refractivity contribution in [2.24, 2.45) is 0 Å². The Labute approximate surface area is 209 Å². The highest BCUT2D eigenvalue weighted by Gasteiger charge is 2.22. The molecule has 2 N–H and O–H groups in total. The van der Waals surface area contributed by atoms with Crippen LogP contribution in [0, 0.1) is 0 Å².